The van der Waals surface area contributed by atoms with Crippen LogP contribution >= 0.6 is 23.2 Å². The quantitative estimate of drug-likeness (QED) is 0.512. The van der Waals surface area contributed by atoms with E-state index in [9.17, 15) is 9.59 Å². The molecule has 0 aliphatic carbocycles. The summed E-state index contributed by atoms with van der Waals surface area (Å²) in [6, 6.07) is 8.06. The van der Waals surface area contributed by atoms with E-state index in [1.165, 1.54) is 36.4 Å². The van der Waals surface area contributed by atoms with Crippen molar-refractivity contribution in [3.05, 3.63) is 57.6 Å². The molecule has 0 atom stereocenters. The smallest absolute Gasteiger partial charge is 0.343 e. The largest absolute Gasteiger partial charge is 0.478 e. The Morgan fingerprint density at radius 1 is 1.00 bits per heavy atom. The van der Waals surface area contributed by atoms with Gasteiger partial charge in [0.25, 0.3) is 0 Å². The molecule has 0 bridgehead atoms. The van der Waals surface area contributed by atoms with Gasteiger partial charge >= 0.3 is 11.9 Å². The Morgan fingerprint density at radius 3 is 2.19 bits per heavy atom. The Labute approximate surface area is 129 Å². The number of halogens is 2. The Balaban J connectivity index is 2.31. The van der Waals surface area contributed by atoms with Gasteiger partial charge in [-0.15, -0.1) is 0 Å². The van der Waals surface area contributed by atoms with E-state index in [4.69, 9.17) is 38.8 Å². The fourth-order valence-electron chi connectivity index (χ4n) is 1.59. The molecule has 3 N–H and O–H groups in total. The van der Waals surface area contributed by atoms with Crippen molar-refractivity contribution >= 4 is 40.8 Å². The van der Waals surface area contributed by atoms with Crippen molar-refractivity contribution in [2.24, 2.45) is 0 Å². The van der Waals surface area contributed by atoms with E-state index in [1.807, 2.05) is 0 Å². The summed E-state index contributed by atoms with van der Waals surface area (Å²) >= 11 is 11.6. The topological polar surface area (TPSA) is 89.6 Å². The maximum atomic E-state index is 12.0. The normalized spacial score (nSPS) is 10.2. The van der Waals surface area contributed by atoms with E-state index >= 15 is 0 Å². The van der Waals surface area contributed by atoms with Crippen molar-refractivity contribution in [2.45, 2.75) is 0 Å². The molecule has 0 amide bonds. The second-order valence-electron chi connectivity index (χ2n) is 4.11. The third-order valence-electron chi connectivity index (χ3n) is 2.56. The highest BCUT2D eigenvalue weighted by molar-refractivity contribution is 6.35. The number of carbonyl (C=O) groups excluding carboxylic acids is 1. The van der Waals surface area contributed by atoms with Crippen molar-refractivity contribution in [3.8, 4) is 5.75 Å². The molecule has 2 rings (SSSR count). The summed E-state index contributed by atoms with van der Waals surface area (Å²) < 4.78 is 5.09. The highest BCUT2D eigenvalue weighted by atomic mass is 35.5. The number of ether oxygens (including phenoxy) is 1. The van der Waals surface area contributed by atoms with Crippen LogP contribution in [0.3, 0.4) is 0 Å². The van der Waals surface area contributed by atoms with Gasteiger partial charge in [-0.2, -0.15) is 0 Å². The second kappa shape index (κ2) is 6.03. The lowest BCUT2D eigenvalue weighted by molar-refractivity contribution is 0.0688. The van der Waals surface area contributed by atoms with Gasteiger partial charge in [-0.25, -0.2) is 9.59 Å². The molecular weight excluding hydrogens is 317 g/mol. The van der Waals surface area contributed by atoms with Crippen LogP contribution < -0.4 is 10.5 Å². The Bertz CT molecular complexity index is 711. The standard InChI is InChI=1S/C14H9Cl2NO4/c15-9-3-8(4-10(16)6-9)14(20)21-12-5-7(13(18)19)1-2-11(12)17/h1-6H,17H2,(H,18,19). The first-order valence-corrected chi connectivity index (χ1v) is 6.43. The summed E-state index contributed by atoms with van der Waals surface area (Å²) in [6.45, 7) is 0. The summed E-state index contributed by atoms with van der Waals surface area (Å²) in [5.74, 6) is -1.94. The molecule has 0 spiro atoms. The van der Waals surface area contributed by atoms with Gasteiger partial charge in [0.2, 0.25) is 0 Å². The molecule has 0 saturated heterocycles. The predicted molar refractivity (Wildman–Crippen MR) is 79.2 cm³/mol. The summed E-state index contributed by atoms with van der Waals surface area (Å²) in [5.41, 5.74) is 5.88. The zero-order valence-corrected chi connectivity index (χ0v) is 12.0. The first-order chi connectivity index (χ1) is 9.86. The van der Waals surface area contributed by atoms with Crippen LogP contribution in [0.1, 0.15) is 20.7 Å². The molecule has 7 heteroatoms. The zero-order valence-electron chi connectivity index (χ0n) is 10.5. The molecule has 0 fully saturated rings. The lowest BCUT2D eigenvalue weighted by Gasteiger charge is -2.08. The Hall–Kier alpha value is -2.24. The van der Waals surface area contributed by atoms with Crippen molar-refractivity contribution in [2.75, 3.05) is 5.73 Å². The molecule has 0 radical (unpaired) electrons. The number of anilines is 1. The first kappa shape index (κ1) is 15.2. The summed E-state index contributed by atoms with van der Waals surface area (Å²) in [6.07, 6.45) is 0. The number of esters is 1. The van der Waals surface area contributed by atoms with Crippen LogP contribution in [0.4, 0.5) is 5.69 Å². The van der Waals surface area contributed by atoms with Gasteiger partial charge in [0.05, 0.1) is 16.8 Å². The SMILES string of the molecule is Nc1ccc(C(=O)O)cc1OC(=O)c1cc(Cl)cc(Cl)c1. The molecule has 2 aromatic carbocycles. The van der Waals surface area contributed by atoms with Gasteiger partial charge < -0.3 is 15.6 Å². The average Bonchev–Trinajstić information content (AvgIpc) is 2.39. The average molecular weight is 326 g/mol. The van der Waals surface area contributed by atoms with E-state index in [2.05, 4.69) is 0 Å². The number of nitrogen functional groups attached to an aromatic ring is 1. The van der Waals surface area contributed by atoms with Crippen molar-refractivity contribution < 1.29 is 19.4 Å². The van der Waals surface area contributed by atoms with Gasteiger partial charge in [0.15, 0.2) is 5.75 Å². The van der Waals surface area contributed by atoms with Gasteiger partial charge in [0.1, 0.15) is 0 Å². The Kier molecular flexibility index (Phi) is 4.35. The monoisotopic (exact) mass is 325 g/mol. The number of hydrogen-bond donors (Lipinski definition) is 2. The minimum absolute atomic E-state index is 0.0453. The van der Waals surface area contributed by atoms with E-state index in [0.29, 0.717) is 0 Å². The predicted octanol–water partition coefficient (Wildman–Crippen LogP) is 3.49. The number of aromatic carboxylic acids is 1. The van der Waals surface area contributed by atoms with Gasteiger partial charge in [-0.05, 0) is 36.4 Å². The first-order valence-electron chi connectivity index (χ1n) is 5.68. The second-order valence-corrected chi connectivity index (χ2v) is 4.98. The van der Waals surface area contributed by atoms with Crippen LogP contribution in [0.2, 0.25) is 10.0 Å². The van der Waals surface area contributed by atoms with Crippen molar-refractivity contribution in [1.29, 1.82) is 0 Å². The van der Waals surface area contributed by atoms with Crippen molar-refractivity contribution in [3.63, 3.8) is 0 Å². The molecule has 0 heterocycles. The van der Waals surface area contributed by atoms with Crippen LogP contribution in [0.15, 0.2) is 36.4 Å². The van der Waals surface area contributed by atoms with Crippen LogP contribution in [0.5, 0.6) is 5.75 Å². The number of carboxylic acid groups (broad SMARTS) is 1. The molecular formula is C14H9Cl2NO4. The number of hydrogen-bond acceptors (Lipinski definition) is 4. The third kappa shape index (κ3) is 3.65. The van der Waals surface area contributed by atoms with E-state index in [0.717, 1.165) is 0 Å². The third-order valence-corrected chi connectivity index (χ3v) is 3.00. The maximum Gasteiger partial charge on any atom is 0.343 e. The van der Waals surface area contributed by atoms with E-state index in [-0.39, 0.29) is 32.6 Å². The molecule has 2 aromatic rings. The fraction of sp³-hybridized carbons (Fsp3) is 0. The van der Waals surface area contributed by atoms with Crippen LogP contribution in [0, 0.1) is 0 Å². The summed E-state index contributed by atoms with van der Waals surface area (Å²) in [4.78, 5) is 22.9. The Morgan fingerprint density at radius 2 is 1.62 bits per heavy atom. The molecule has 0 aliphatic rings. The molecule has 21 heavy (non-hydrogen) atoms. The minimum Gasteiger partial charge on any atom is -0.478 e. The van der Waals surface area contributed by atoms with Gasteiger partial charge in [-0.1, -0.05) is 23.2 Å². The highest BCUT2D eigenvalue weighted by Gasteiger charge is 2.14. The number of rotatable bonds is 3. The summed E-state index contributed by atoms with van der Waals surface area (Å²) in [5, 5.41) is 9.47. The van der Waals surface area contributed by atoms with E-state index in [1.54, 1.807) is 0 Å². The molecule has 5 nitrogen and oxygen atoms in total. The lowest BCUT2D eigenvalue weighted by atomic mass is 10.2. The van der Waals surface area contributed by atoms with E-state index < -0.39 is 11.9 Å². The minimum atomic E-state index is -1.15. The molecule has 108 valence electrons. The van der Waals surface area contributed by atoms with Gasteiger partial charge in [0, 0.05) is 10.0 Å². The van der Waals surface area contributed by atoms with Crippen LogP contribution in [-0.2, 0) is 0 Å². The number of nitrogens with two attached hydrogens (primary N) is 1. The lowest BCUT2D eigenvalue weighted by Crippen LogP contribution is -2.10. The number of carbonyl (C=O) groups is 2. The molecule has 0 unspecified atom stereocenters. The zero-order chi connectivity index (χ0) is 15.6. The van der Waals surface area contributed by atoms with Crippen LogP contribution in [-0.4, -0.2) is 17.0 Å². The fourth-order valence-corrected chi connectivity index (χ4v) is 2.11. The number of benzene rings is 2. The van der Waals surface area contributed by atoms with Crippen molar-refractivity contribution in [1.82, 2.24) is 0 Å². The summed E-state index contributed by atoms with van der Waals surface area (Å²) in [7, 11) is 0. The molecule has 0 saturated carbocycles. The number of carboxylic acids is 1. The highest BCUT2D eigenvalue weighted by Crippen LogP contribution is 2.25. The maximum absolute atomic E-state index is 12.0. The molecule has 0 aliphatic heterocycles. The van der Waals surface area contributed by atoms with Gasteiger partial charge in [-0.3, -0.25) is 0 Å². The van der Waals surface area contributed by atoms with Crippen LogP contribution in [0.25, 0.3) is 0 Å². The molecule has 0 aromatic heterocycles.